The zero-order chi connectivity index (χ0) is 20.0. The Kier molecular flexibility index (Phi) is 4.33. The van der Waals surface area contributed by atoms with Crippen molar-refractivity contribution in [2.24, 2.45) is 0 Å². The van der Waals surface area contributed by atoms with E-state index in [0.29, 0.717) is 29.6 Å². The van der Waals surface area contributed by atoms with Crippen molar-refractivity contribution in [2.45, 2.75) is 44.5 Å². The van der Waals surface area contributed by atoms with Crippen LogP contribution in [-0.4, -0.2) is 60.9 Å². The van der Waals surface area contributed by atoms with Crippen molar-refractivity contribution in [3.05, 3.63) is 24.7 Å². The van der Waals surface area contributed by atoms with Crippen LogP contribution in [0.4, 0.5) is 16.0 Å². The minimum atomic E-state index is -1.16. The van der Waals surface area contributed by atoms with Crippen molar-refractivity contribution >= 4 is 28.6 Å². The number of carbonyl (C=O) groups is 1. The molecule has 10 heteroatoms. The molecule has 0 aromatic carbocycles. The van der Waals surface area contributed by atoms with Crippen LogP contribution >= 0.6 is 0 Å². The minimum absolute atomic E-state index is 0.0880. The highest BCUT2D eigenvalue weighted by Crippen LogP contribution is 2.35. The van der Waals surface area contributed by atoms with Crippen molar-refractivity contribution in [3.63, 3.8) is 0 Å². The number of amides is 1. The fraction of sp³-hybridized carbons (Fsp3) is 0.474. The van der Waals surface area contributed by atoms with Gasteiger partial charge in [0.1, 0.15) is 17.9 Å². The number of fused-ring (bicyclic) bond motifs is 1. The number of alkyl halides is 1. The molecule has 1 saturated heterocycles. The van der Waals surface area contributed by atoms with Crippen LogP contribution in [0.25, 0.3) is 11.0 Å². The third kappa shape index (κ3) is 3.62. The van der Waals surface area contributed by atoms with Crippen LogP contribution in [0.3, 0.4) is 0 Å². The van der Waals surface area contributed by atoms with Crippen LogP contribution in [0.2, 0.25) is 0 Å². The largest absolute Gasteiger partial charge is 0.469 e. The molecule has 0 spiro atoms. The lowest BCUT2D eigenvalue weighted by Crippen LogP contribution is -2.49. The van der Waals surface area contributed by atoms with Gasteiger partial charge in [0.2, 0.25) is 17.7 Å². The molecule has 3 aromatic rings. The molecule has 9 nitrogen and oxygen atoms in total. The van der Waals surface area contributed by atoms with E-state index in [-0.39, 0.29) is 24.8 Å². The van der Waals surface area contributed by atoms with Gasteiger partial charge in [0.05, 0.1) is 29.9 Å². The van der Waals surface area contributed by atoms with Crippen LogP contribution in [0.15, 0.2) is 24.7 Å². The van der Waals surface area contributed by atoms with Gasteiger partial charge in [-0.1, -0.05) is 0 Å². The number of aromatic nitrogens is 5. The second-order valence-electron chi connectivity index (χ2n) is 7.58. The van der Waals surface area contributed by atoms with Crippen LogP contribution < -0.4 is 10.1 Å². The molecule has 5 rings (SSSR count). The van der Waals surface area contributed by atoms with Crippen LogP contribution in [0.1, 0.15) is 32.2 Å². The maximum absolute atomic E-state index is 14.5. The number of anilines is 2. The predicted molar refractivity (Wildman–Crippen MR) is 104 cm³/mol. The first-order chi connectivity index (χ1) is 14.1. The Labute approximate surface area is 166 Å². The molecule has 1 aliphatic heterocycles. The first-order valence-corrected chi connectivity index (χ1v) is 9.79. The monoisotopic (exact) mass is 399 g/mol. The topological polar surface area (TPSA) is 101 Å². The van der Waals surface area contributed by atoms with E-state index in [9.17, 15) is 9.18 Å². The Hall–Kier alpha value is -3.17. The zero-order valence-corrected chi connectivity index (χ0v) is 16.0. The van der Waals surface area contributed by atoms with Gasteiger partial charge in [-0.15, -0.1) is 0 Å². The highest BCUT2D eigenvalue weighted by molar-refractivity contribution is 5.82. The summed E-state index contributed by atoms with van der Waals surface area (Å²) in [5.74, 6) is 0.529. The molecule has 4 heterocycles. The van der Waals surface area contributed by atoms with Gasteiger partial charge in [-0.2, -0.15) is 15.1 Å². The fourth-order valence-corrected chi connectivity index (χ4v) is 3.56. The number of rotatable bonds is 5. The molecule has 152 valence electrons. The summed E-state index contributed by atoms with van der Waals surface area (Å²) >= 11 is 0. The van der Waals surface area contributed by atoms with Gasteiger partial charge >= 0.3 is 0 Å². The number of likely N-dealkylation sites (tertiary alicyclic amines) is 1. The van der Waals surface area contributed by atoms with Gasteiger partial charge in [0, 0.05) is 25.9 Å². The van der Waals surface area contributed by atoms with Gasteiger partial charge in [0.25, 0.3) is 0 Å². The highest BCUT2D eigenvalue weighted by atomic mass is 19.1. The van der Waals surface area contributed by atoms with E-state index >= 15 is 0 Å². The number of ether oxygens (including phenoxy) is 1. The van der Waals surface area contributed by atoms with E-state index in [2.05, 4.69) is 25.4 Å². The number of carbonyl (C=O) groups excluding carboxylic acids is 1. The van der Waals surface area contributed by atoms with E-state index in [4.69, 9.17) is 4.74 Å². The summed E-state index contributed by atoms with van der Waals surface area (Å²) in [4.78, 5) is 25.3. The molecule has 1 aliphatic carbocycles. The first-order valence-electron chi connectivity index (χ1n) is 9.79. The fourth-order valence-electron chi connectivity index (χ4n) is 3.56. The molecular weight excluding hydrogens is 377 g/mol. The maximum Gasteiger partial charge on any atom is 0.232 e. The number of hydrogen-bond donors (Lipinski definition) is 2. The van der Waals surface area contributed by atoms with E-state index in [1.165, 1.54) is 6.92 Å². The number of aromatic amines is 1. The lowest BCUT2D eigenvalue weighted by molar-refractivity contribution is -0.132. The summed E-state index contributed by atoms with van der Waals surface area (Å²) in [6.45, 7) is 2.08. The molecule has 29 heavy (non-hydrogen) atoms. The van der Waals surface area contributed by atoms with Crippen LogP contribution in [0.5, 0.6) is 5.88 Å². The van der Waals surface area contributed by atoms with Gasteiger partial charge < -0.3 is 19.9 Å². The number of H-pyrrole nitrogens is 1. The molecule has 0 bridgehead atoms. The molecule has 2 fully saturated rings. The van der Waals surface area contributed by atoms with Crippen LogP contribution in [0, 0.1) is 0 Å². The van der Waals surface area contributed by atoms with Gasteiger partial charge in [-0.3, -0.25) is 9.48 Å². The second-order valence-corrected chi connectivity index (χ2v) is 7.58. The number of nitrogens with zero attached hydrogens (tertiary/aromatic N) is 5. The predicted octanol–water partition coefficient (Wildman–Crippen LogP) is 2.57. The Morgan fingerprint density at radius 3 is 3.00 bits per heavy atom. The number of halogens is 1. The SMILES string of the molecule is CC(=O)N1CC[C@@H](F)[C@H](Oc2nc(Nc3cnn(C4CC4)c3)nc3[nH]ccc23)C1. The van der Waals surface area contributed by atoms with Crippen molar-refractivity contribution in [3.8, 4) is 5.88 Å². The smallest absolute Gasteiger partial charge is 0.232 e. The van der Waals surface area contributed by atoms with Gasteiger partial charge in [0.15, 0.2) is 0 Å². The Bertz CT molecular complexity index is 1040. The Morgan fingerprint density at radius 1 is 1.34 bits per heavy atom. The Balaban J connectivity index is 1.40. The van der Waals surface area contributed by atoms with Crippen molar-refractivity contribution in [1.29, 1.82) is 0 Å². The normalized spacial score (nSPS) is 22.1. The molecular formula is C19H22FN7O2. The molecule has 1 amide bonds. The van der Waals surface area contributed by atoms with Crippen molar-refractivity contribution in [2.75, 3.05) is 18.4 Å². The summed E-state index contributed by atoms with van der Waals surface area (Å²) in [6.07, 6.45) is 5.98. The molecule has 2 aliphatic rings. The molecule has 3 aromatic heterocycles. The quantitative estimate of drug-likeness (QED) is 0.684. The molecule has 2 N–H and O–H groups in total. The third-order valence-corrected chi connectivity index (χ3v) is 5.35. The van der Waals surface area contributed by atoms with E-state index in [0.717, 1.165) is 18.5 Å². The molecule has 1 saturated carbocycles. The first kappa shape index (κ1) is 17.9. The standard InChI is InChI=1S/C19H22FN7O2/c1-11(28)26-7-5-15(20)16(10-26)29-18-14-4-6-21-17(14)24-19(25-18)23-12-8-22-27(9-12)13-2-3-13/h4,6,8-9,13,15-16H,2-3,5,7,10H2,1H3,(H2,21,23,24,25)/t15-,16-/m1/s1. The Morgan fingerprint density at radius 2 is 2.21 bits per heavy atom. The van der Waals surface area contributed by atoms with Crippen molar-refractivity contribution in [1.82, 2.24) is 29.6 Å². The molecule has 0 radical (unpaired) electrons. The summed E-state index contributed by atoms with van der Waals surface area (Å²) in [7, 11) is 0. The van der Waals surface area contributed by atoms with Gasteiger partial charge in [-0.05, 0) is 25.3 Å². The van der Waals surface area contributed by atoms with Crippen molar-refractivity contribution < 1.29 is 13.9 Å². The number of nitrogens with one attached hydrogen (secondary N) is 2. The second kappa shape index (κ2) is 7.02. The van der Waals surface area contributed by atoms with Gasteiger partial charge in [-0.25, -0.2) is 4.39 Å². The van der Waals surface area contributed by atoms with Crippen LogP contribution in [-0.2, 0) is 4.79 Å². The summed E-state index contributed by atoms with van der Waals surface area (Å²) in [5, 5.41) is 8.15. The average molecular weight is 399 g/mol. The zero-order valence-electron chi connectivity index (χ0n) is 16.0. The van der Waals surface area contributed by atoms with E-state index in [1.54, 1.807) is 23.4 Å². The number of hydrogen-bond acceptors (Lipinski definition) is 6. The minimum Gasteiger partial charge on any atom is -0.469 e. The molecule has 0 unspecified atom stereocenters. The molecule has 2 atom stereocenters. The summed E-state index contributed by atoms with van der Waals surface area (Å²) in [6, 6.07) is 2.27. The lowest BCUT2D eigenvalue weighted by atomic mass is 10.1. The van der Waals surface area contributed by atoms with E-state index in [1.807, 2.05) is 10.9 Å². The number of piperidine rings is 1. The maximum atomic E-state index is 14.5. The lowest BCUT2D eigenvalue weighted by Gasteiger charge is -2.34. The third-order valence-electron chi connectivity index (χ3n) is 5.35. The average Bonchev–Trinajstić information content (AvgIpc) is 3.25. The summed E-state index contributed by atoms with van der Waals surface area (Å²) in [5.41, 5.74) is 1.36. The highest BCUT2D eigenvalue weighted by Gasteiger charge is 2.33. The van der Waals surface area contributed by atoms with E-state index < -0.39 is 12.3 Å². The summed E-state index contributed by atoms with van der Waals surface area (Å²) < 4.78 is 22.4.